The molecule has 4 nitrogen and oxygen atoms in total. The minimum Gasteiger partial charge on any atom is -0.619 e. The number of carbonyl (C=O) groups is 1. The van der Waals surface area contributed by atoms with Crippen molar-refractivity contribution < 1.29 is 9.52 Å². The van der Waals surface area contributed by atoms with Gasteiger partial charge >= 0.3 is 0 Å². The van der Waals surface area contributed by atoms with E-state index >= 15 is 0 Å². The van der Waals surface area contributed by atoms with Crippen LogP contribution in [-0.2, 0) is 0 Å². The number of thioether (sulfide) groups is 1. The topological polar surface area (TPSA) is 47.2 Å². The lowest BCUT2D eigenvalue weighted by Gasteiger charge is -2.20. The SMILES string of the molecule is O=C(c1ccc[n+]([O-])c1)N1CCS[C@@H](c2ccccc2Cl)CC1. The minimum atomic E-state index is -0.0874. The van der Waals surface area contributed by atoms with Crippen molar-refractivity contribution in [2.75, 3.05) is 18.8 Å². The van der Waals surface area contributed by atoms with E-state index in [1.54, 1.807) is 12.1 Å². The zero-order valence-electron chi connectivity index (χ0n) is 12.5. The molecule has 1 aliphatic heterocycles. The number of benzene rings is 1. The number of hydrogen-bond donors (Lipinski definition) is 0. The maximum absolute atomic E-state index is 12.6. The molecule has 1 fully saturated rings. The number of carbonyl (C=O) groups excluding carboxylic acids is 1. The van der Waals surface area contributed by atoms with Gasteiger partial charge in [0.15, 0.2) is 12.4 Å². The first-order valence-electron chi connectivity index (χ1n) is 7.49. The molecule has 0 spiro atoms. The van der Waals surface area contributed by atoms with E-state index in [2.05, 4.69) is 6.07 Å². The number of aromatic nitrogens is 1. The summed E-state index contributed by atoms with van der Waals surface area (Å²) in [5.41, 5.74) is 1.56. The van der Waals surface area contributed by atoms with E-state index in [1.807, 2.05) is 34.9 Å². The molecule has 1 aromatic carbocycles. The Hall–Kier alpha value is -1.72. The minimum absolute atomic E-state index is 0.0874. The van der Waals surface area contributed by atoms with Crippen molar-refractivity contribution in [1.29, 1.82) is 0 Å². The third-order valence-corrected chi connectivity index (χ3v) is 5.56. The molecule has 6 heteroatoms. The van der Waals surface area contributed by atoms with Gasteiger partial charge in [0.25, 0.3) is 5.91 Å². The zero-order valence-corrected chi connectivity index (χ0v) is 14.1. The van der Waals surface area contributed by atoms with E-state index in [9.17, 15) is 10.0 Å². The summed E-state index contributed by atoms with van der Waals surface area (Å²) in [6, 6.07) is 11.2. The predicted molar refractivity (Wildman–Crippen MR) is 92.6 cm³/mol. The van der Waals surface area contributed by atoms with E-state index in [1.165, 1.54) is 12.4 Å². The van der Waals surface area contributed by atoms with Crippen molar-refractivity contribution >= 4 is 29.3 Å². The fraction of sp³-hybridized carbons (Fsp3) is 0.294. The van der Waals surface area contributed by atoms with Crippen LogP contribution in [0.25, 0.3) is 0 Å². The maximum Gasteiger partial charge on any atom is 0.259 e. The maximum atomic E-state index is 12.6. The smallest absolute Gasteiger partial charge is 0.259 e. The molecule has 1 atom stereocenters. The molecule has 0 saturated carbocycles. The summed E-state index contributed by atoms with van der Waals surface area (Å²) in [5, 5.41) is 12.4. The molecule has 0 radical (unpaired) electrons. The van der Waals surface area contributed by atoms with Gasteiger partial charge in [-0.2, -0.15) is 16.5 Å². The molecular weight excluding hydrogens is 332 g/mol. The molecule has 0 aliphatic carbocycles. The fourth-order valence-electron chi connectivity index (χ4n) is 2.72. The van der Waals surface area contributed by atoms with Gasteiger partial charge in [0, 0.05) is 35.2 Å². The molecule has 23 heavy (non-hydrogen) atoms. The van der Waals surface area contributed by atoms with E-state index < -0.39 is 0 Å². The van der Waals surface area contributed by atoms with Crippen LogP contribution in [0.4, 0.5) is 0 Å². The van der Waals surface area contributed by atoms with Gasteiger partial charge in [0.2, 0.25) is 0 Å². The fourth-order valence-corrected chi connectivity index (χ4v) is 4.32. The summed E-state index contributed by atoms with van der Waals surface area (Å²) in [6.45, 7) is 1.34. The first-order valence-corrected chi connectivity index (χ1v) is 8.92. The molecule has 2 heterocycles. The summed E-state index contributed by atoms with van der Waals surface area (Å²) in [5.74, 6) is 0.766. The highest BCUT2D eigenvalue weighted by atomic mass is 35.5. The molecule has 0 unspecified atom stereocenters. The molecule has 2 aromatic rings. The average molecular weight is 349 g/mol. The Balaban J connectivity index is 1.71. The van der Waals surface area contributed by atoms with Gasteiger partial charge in [-0.25, -0.2) is 0 Å². The largest absolute Gasteiger partial charge is 0.619 e. The van der Waals surface area contributed by atoms with Crippen molar-refractivity contribution in [2.24, 2.45) is 0 Å². The summed E-state index contributed by atoms with van der Waals surface area (Å²) in [6.07, 6.45) is 3.55. The molecule has 0 bridgehead atoms. The second-order valence-corrected chi connectivity index (χ2v) is 7.13. The van der Waals surface area contributed by atoms with Gasteiger partial charge in [-0.05, 0) is 24.1 Å². The normalized spacial score (nSPS) is 18.5. The number of amides is 1. The van der Waals surface area contributed by atoms with E-state index in [0.29, 0.717) is 28.6 Å². The molecule has 3 rings (SSSR count). The van der Waals surface area contributed by atoms with Crippen LogP contribution in [-0.4, -0.2) is 29.6 Å². The van der Waals surface area contributed by atoms with Gasteiger partial charge < -0.3 is 10.1 Å². The van der Waals surface area contributed by atoms with E-state index in [0.717, 1.165) is 22.8 Å². The van der Waals surface area contributed by atoms with Crippen molar-refractivity contribution in [1.82, 2.24) is 4.90 Å². The molecule has 120 valence electrons. The van der Waals surface area contributed by atoms with Crippen molar-refractivity contribution in [3.63, 3.8) is 0 Å². The Labute approximate surface area is 144 Å². The van der Waals surface area contributed by atoms with E-state index in [4.69, 9.17) is 11.6 Å². The summed E-state index contributed by atoms with van der Waals surface area (Å²) < 4.78 is 0.659. The first kappa shape index (κ1) is 16.1. The van der Waals surface area contributed by atoms with Crippen molar-refractivity contribution in [2.45, 2.75) is 11.7 Å². The Bertz CT molecular complexity index is 710. The number of rotatable bonds is 2. The number of nitrogens with zero attached hydrogens (tertiary/aromatic N) is 2. The highest BCUT2D eigenvalue weighted by Gasteiger charge is 2.24. The van der Waals surface area contributed by atoms with Crippen molar-refractivity contribution in [3.8, 4) is 0 Å². The zero-order chi connectivity index (χ0) is 16.2. The monoisotopic (exact) mass is 348 g/mol. The molecule has 1 aromatic heterocycles. The first-order chi connectivity index (χ1) is 11.1. The number of hydrogen-bond acceptors (Lipinski definition) is 3. The standard InChI is InChI=1S/C17H17ClN2O2S/c18-15-6-2-1-5-14(15)16-7-9-19(10-11-23-16)17(21)13-4-3-8-20(22)12-13/h1-6,8,12,16H,7,9-11H2/t16-/m1/s1. The van der Waals surface area contributed by atoms with Gasteiger partial charge in [0.05, 0.1) is 0 Å². The van der Waals surface area contributed by atoms with Gasteiger partial charge in [-0.1, -0.05) is 29.8 Å². The van der Waals surface area contributed by atoms with Crippen LogP contribution in [0.3, 0.4) is 0 Å². The summed E-state index contributed by atoms with van der Waals surface area (Å²) >= 11 is 8.12. The quantitative estimate of drug-likeness (QED) is 0.618. The van der Waals surface area contributed by atoms with Crippen LogP contribution in [0.1, 0.15) is 27.6 Å². The Morgan fingerprint density at radius 1 is 1.26 bits per heavy atom. The highest BCUT2D eigenvalue weighted by molar-refractivity contribution is 7.99. The Kier molecular flexibility index (Phi) is 5.08. The van der Waals surface area contributed by atoms with Crippen LogP contribution in [0.5, 0.6) is 0 Å². The van der Waals surface area contributed by atoms with E-state index in [-0.39, 0.29) is 5.91 Å². The average Bonchev–Trinajstić information content (AvgIpc) is 2.80. The Morgan fingerprint density at radius 2 is 2.09 bits per heavy atom. The number of halogens is 1. The lowest BCUT2D eigenvalue weighted by atomic mass is 10.1. The van der Waals surface area contributed by atoms with Crippen molar-refractivity contribution in [3.05, 3.63) is 70.1 Å². The molecular formula is C17H17ClN2O2S. The second kappa shape index (κ2) is 7.23. The molecule has 1 amide bonds. The number of pyridine rings is 1. The molecule has 0 N–H and O–H groups in total. The van der Waals surface area contributed by atoms with Crippen LogP contribution >= 0.6 is 23.4 Å². The van der Waals surface area contributed by atoms with Crippen LogP contribution < -0.4 is 4.73 Å². The van der Waals surface area contributed by atoms with Crippen LogP contribution in [0.2, 0.25) is 5.02 Å². The summed E-state index contributed by atoms with van der Waals surface area (Å²) in [7, 11) is 0. The Morgan fingerprint density at radius 3 is 2.87 bits per heavy atom. The molecule has 1 aliphatic rings. The van der Waals surface area contributed by atoms with Gasteiger partial charge in [-0.15, -0.1) is 0 Å². The molecule has 1 saturated heterocycles. The van der Waals surface area contributed by atoms with Gasteiger partial charge in [0.1, 0.15) is 5.56 Å². The summed E-state index contributed by atoms with van der Waals surface area (Å²) in [4.78, 5) is 14.4. The third kappa shape index (κ3) is 3.79. The van der Waals surface area contributed by atoms with Gasteiger partial charge in [-0.3, -0.25) is 4.79 Å². The predicted octanol–water partition coefficient (Wildman–Crippen LogP) is 3.29. The lowest BCUT2D eigenvalue weighted by molar-refractivity contribution is -0.605. The van der Waals surface area contributed by atoms with Crippen LogP contribution in [0.15, 0.2) is 48.8 Å². The highest BCUT2D eigenvalue weighted by Crippen LogP contribution is 2.37. The second-order valence-electron chi connectivity index (χ2n) is 5.41. The lowest BCUT2D eigenvalue weighted by Crippen LogP contribution is -2.35. The van der Waals surface area contributed by atoms with Crippen LogP contribution in [0, 0.1) is 5.21 Å². The third-order valence-electron chi connectivity index (χ3n) is 3.90.